The lowest BCUT2D eigenvalue weighted by Gasteiger charge is -2.31. The first-order valence-electron chi connectivity index (χ1n) is 8.75. The molecule has 134 valence electrons. The molecule has 1 aliphatic rings. The summed E-state index contributed by atoms with van der Waals surface area (Å²) < 4.78 is 17.0. The van der Waals surface area contributed by atoms with Gasteiger partial charge in [0.25, 0.3) is 0 Å². The van der Waals surface area contributed by atoms with Gasteiger partial charge in [0.15, 0.2) is 0 Å². The lowest BCUT2D eigenvalue weighted by atomic mass is 10.2. The molecule has 1 aliphatic heterocycles. The molecule has 0 saturated carbocycles. The van der Waals surface area contributed by atoms with E-state index in [0.29, 0.717) is 44.3 Å². The maximum atomic E-state index is 12.0. The average molecular weight is 336 g/mol. The van der Waals surface area contributed by atoms with E-state index in [2.05, 4.69) is 10.2 Å². The number of benzene rings is 1. The zero-order valence-corrected chi connectivity index (χ0v) is 14.9. The molecule has 1 aromatic rings. The van der Waals surface area contributed by atoms with Crippen LogP contribution >= 0.6 is 0 Å². The van der Waals surface area contributed by atoms with Gasteiger partial charge in [-0.05, 0) is 20.3 Å². The molecule has 1 amide bonds. The number of hydrogen-bond acceptors (Lipinski definition) is 5. The molecule has 1 heterocycles. The zero-order chi connectivity index (χ0) is 17.4. The summed E-state index contributed by atoms with van der Waals surface area (Å²) in [6.45, 7) is 9.99. The molecular weight excluding hydrogens is 308 g/mol. The van der Waals surface area contributed by atoms with Crippen molar-refractivity contribution in [2.75, 3.05) is 49.7 Å². The van der Waals surface area contributed by atoms with E-state index in [1.807, 2.05) is 32.9 Å². The molecule has 1 N–H and O–H groups in total. The fourth-order valence-electron chi connectivity index (χ4n) is 2.68. The number of hydrogen-bond donors (Lipinski definition) is 1. The number of ether oxygens (including phenoxy) is 3. The highest BCUT2D eigenvalue weighted by molar-refractivity contribution is 5.93. The van der Waals surface area contributed by atoms with Crippen molar-refractivity contribution in [2.45, 2.75) is 33.6 Å². The van der Waals surface area contributed by atoms with Gasteiger partial charge in [0.2, 0.25) is 5.91 Å². The van der Waals surface area contributed by atoms with Gasteiger partial charge in [0.1, 0.15) is 11.5 Å². The maximum absolute atomic E-state index is 12.0. The summed E-state index contributed by atoms with van der Waals surface area (Å²) >= 11 is 0. The Morgan fingerprint density at radius 3 is 2.42 bits per heavy atom. The van der Waals surface area contributed by atoms with Crippen LogP contribution in [-0.2, 0) is 9.53 Å². The average Bonchev–Trinajstić information content (AvgIpc) is 2.58. The second-order valence-electron chi connectivity index (χ2n) is 5.58. The van der Waals surface area contributed by atoms with Crippen LogP contribution < -0.4 is 19.7 Å². The molecule has 1 fully saturated rings. The van der Waals surface area contributed by atoms with E-state index >= 15 is 0 Å². The molecule has 0 aliphatic carbocycles. The number of morpholine rings is 1. The van der Waals surface area contributed by atoms with Gasteiger partial charge in [0.05, 0.1) is 37.8 Å². The summed E-state index contributed by atoms with van der Waals surface area (Å²) in [7, 11) is 0. The standard InChI is InChI=1S/C18H28N2O4/c1-4-7-18(21)19-14-12-17(24-6-3)15(13-16(14)23-5-2)20-8-10-22-11-9-20/h12-13H,4-11H2,1-3H3,(H,19,21). The Hall–Kier alpha value is -1.95. The Morgan fingerprint density at radius 2 is 1.79 bits per heavy atom. The highest BCUT2D eigenvalue weighted by atomic mass is 16.5. The Balaban J connectivity index is 2.35. The highest BCUT2D eigenvalue weighted by Crippen LogP contribution is 2.39. The van der Waals surface area contributed by atoms with Crippen LogP contribution in [0.2, 0.25) is 0 Å². The van der Waals surface area contributed by atoms with Crippen molar-refractivity contribution in [3.8, 4) is 11.5 Å². The number of amides is 1. The zero-order valence-electron chi connectivity index (χ0n) is 14.9. The quantitative estimate of drug-likeness (QED) is 0.790. The van der Waals surface area contributed by atoms with Crippen molar-refractivity contribution in [3.05, 3.63) is 12.1 Å². The number of nitrogens with one attached hydrogen (secondary N) is 1. The first kappa shape index (κ1) is 18.4. The third-order valence-corrected chi connectivity index (χ3v) is 3.76. The van der Waals surface area contributed by atoms with Gasteiger partial charge in [-0.3, -0.25) is 4.79 Å². The van der Waals surface area contributed by atoms with Crippen LogP contribution in [0.25, 0.3) is 0 Å². The van der Waals surface area contributed by atoms with Gasteiger partial charge in [-0.15, -0.1) is 0 Å². The summed E-state index contributed by atoms with van der Waals surface area (Å²) in [6.07, 6.45) is 1.29. The minimum atomic E-state index is -0.0139. The smallest absolute Gasteiger partial charge is 0.224 e. The van der Waals surface area contributed by atoms with Gasteiger partial charge >= 0.3 is 0 Å². The van der Waals surface area contributed by atoms with Gasteiger partial charge < -0.3 is 24.4 Å². The van der Waals surface area contributed by atoms with E-state index in [0.717, 1.165) is 30.9 Å². The molecule has 0 spiro atoms. The molecule has 0 aromatic heterocycles. The lowest BCUT2D eigenvalue weighted by molar-refractivity contribution is -0.116. The molecular formula is C18H28N2O4. The molecule has 6 heteroatoms. The van der Waals surface area contributed by atoms with Crippen LogP contribution in [0, 0.1) is 0 Å². The van der Waals surface area contributed by atoms with Crippen molar-refractivity contribution >= 4 is 17.3 Å². The van der Waals surface area contributed by atoms with E-state index < -0.39 is 0 Å². The molecule has 1 aromatic carbocycles. The van der Waals surface area contributed by atoms with Crippen molar-refractivity contribution in [1.29, 1.82) is 0 Å². The Bertz CT molecular complexity index is 542. The summed E-state index contributed by atoms with van der Waals surface area (Å²) in [5.41, 5.74) is 1.65. The van der Waals surface area contributed by atoms with Crippen molar-refractivity contribution in [3.63, 3.8) is 0 Å². The van der Waals surface area contributed by atoms with E-state index in [9.17, 15) is 4.79 Å². The minimum Gasteiger partial charge on any atom is -0.492 e. The SMILES string of the molecule is CCCC(=O)Nc1cc(OCC)c(N2CCOCC2)cc1OCC. The van der Waals surface area contributed by atoms with E-state index in [-0.39, 0.29) is 5.91 Å². The molecule has 24 heavy (non-hydrogen) atoms. The van der Waals surface area contributed by atoms with Crippen LogP contribution in [0.5, 0.6) is 11.5 Å². The first-order chi connectivity index (χ1) is 11.7. The fourth-order valence-corrected chi connectivity index (χ4v) is 2.68. The second-order valence-corrected chi connectivity index (χ2v) is 5.58. The highest BCUT2D eigenvalue weighted by Gasteiger charge is 2.20. The third-order valence-electron chi connectivity index (χ3n) is 3.76. The molecule has 0 bridgehead atoms. The molecule has 0 radical (unpaired) electrons. The largest absolute Gasteiger partial charge is 0.492 e. The normalized spacial score (nSPS) is 14.4. The third kappa shape index (κ3) is 4.77. The predicted molar refractivity (Wildman–Crippen MR) is 95.3 cm³/mol. The summed E-state index contributed by atoms with van der Waals surface area (Å²) in [5.74, 6) is 1.42. The van der Waals surface area contributed by atoms with Gasteiger partial charge in [0, 0.05) is 31.6 Å². The van der Waals surface area contributed by atoms with Gasteiger partial charge in [-0.25, -0.2) is 0 Å². The molecule has 0 unspecified atom stereocenters. The number of anilines is 2. The molecule has 2 rings (SSSR count). The lowest BCUT2D eigenvalue weighted by Crippen LogP contribution is -2.36. The monoisotopic (exact) mass is 336 g/mol. The topological polar surface area (TPSA) is 60.0 Å². The number of carbonyl (C=O) groups is 1. The number of carbonyl (C=O) groups excluding carboxylic acids is 1. The van der Waals surface area contributed by atoms with Crippen molar-refractivity contribution in [2.24, 2.45) is 0 Å². The predicted octanol–water partition coefficient (Wildman–Crippen LogP) is 3.06. The summed E-state index contributed by atoms with van der Waals surface area (Å²) in [4.78, 5) is 14.2. The molecule has 6 nitrogen and oxygen atoms in total. The first-order valence-corrected chi connectivity index (χ1v) is 8.75. The van der Waals surface area contributed by atoms with Crippen LogP contribution in [0.4, 0.5) is 11.4 Å². The van der Waals surface area contributed by atoms with Crippen LogP contribution in [0.15, 0.2) is 12.1 Å². The molecule has 0 atom stereocenters. The van der Waals surface area contributed by atoms with Gasteiger partial charge in [-0.2, -0.15) is 0 Å². The van der Waals surface area contributed by atoms with Crippen LogP contribution in [0.1, 0.15) is 33.6 Å². The van der Waals surface area contributed by atoms with Crippen LogP contribution in [-0.4, -0.2) is 45.4 Å². The summed E-state index contributed by atoms with van der Waals surface area (Å²) in [6, 6.07) is 3.83. The van der Waals surface area contributed by atoms with Crippen molar-refractivity contribution < 1.29 is 19.0 Å². The van der Waals surface area contributed by atoms with E-state index in [1.165, 1.54) is 0 Å². The van der Waals surface area contributed by atoms with E-state index in [4.69, 9.17) is 14.2 Å². The Kier molecular flexibility index (Phi) is 7.18. The summed E-state index contributed by atoms with van der Waals surface area (Å²) in [5, 5.41) is 2.94. The number of nitrogens with zero attached hydrogens (tertiary/aromatic N) is 1. The Morgan fingerprint density at radius 1 is 1.12 bits per heavy atom. The Labute approximate surface area is 144 Å². The number of rotatable bonds is 8. The maximum Gasteiger partial charge on any atom is 0.224 e. The van der Waals surface area contributed by atoms with E-state index in [1.54, 1.807) is 0 Å². The molecule has 1 saturated heterocycles. The van der Waals surface area contributed by atoms with Gasteiger partial charge in [-0.1, -0.05) is 6.92 Å². The second kappa shape index (κ2) is 9.37. The fraction of sp³-hybridized carbons (Fsp3) is 0.611. The minimum absolute atomic E-state index is 0.0139. The van der Waals surface area contributed by atoms with Crippen LogP contribution in [0.3, 0.4) is 0 Å². The van der Waals surface area contributed by atoms with Crippen molar-refractivity contribution in [1.82, 2.24) is 0 Å².